The Balaban J connectivity index is 1.81. The molecule has 2 amide bonds. The SMILES string of the molecule is CC(C)c1cc(NC(=O)NCCc2csc(C(C)C)n2)n(C)n1. The first kappa shape index (κ1) is 17.5. The molecule has 0 fully saturated rings. The third-order valence-corrected chi connectivity index (χ3v) is 4.66. The van der Waals surface area contributed by atoms with Gasteiger partial charge in [0.25, 0.3) is 0 Å². The molecule has 0 aliphatic carbocycles. The molecule has 0 saturated carbocycles. The third kappa shape index (κ3) is 4.79. The number of aromatic nitrogens is 3. The van der Waals surface area contributed by atoms with Crippen LogP contribution in [0.25, 0.3) is 0 Å². The summed E-state index contributed by atoms with van der Waals surface area (Å²) in [6.45, 7) is 8.97. The van der Waals surface area contributed by atoms with Crippen LogP contribution in [0.5, 0.6) is 0 Å². The first-order chi connectivity index (χ1) is 10.9. The van der Waals surface area contributed by atoms with Gasteiger partial charge in [0.1, 0.15) is 5.82 Å². The highest BCUT2D eigenvalue weighted by Gasteiger charge is 2.11. The molecule has 2 rings (SSSR count). The molecule has 0 radical (unpaired) electrons. The largest absolute Gasteiger partial charge is 0.337 e. The van der Waals surface area contributed by atoms with Crippen LogP contribution in [0.2, 0.25) is 0 Å². The third-order valence-electron chi connectivity index (χ3n) is 3.46. The molecule has 2 aromatic rings. The van der Waals surface area contributed by atoms with E-state index in [4.69, 9.17) is 0 Å². The second-order valence-corrected chi connectivity index (χ2v) is 7.09. The standard InChI is InChI=1S/C16H25N5OS/c1-10(2)13-8-14(21(5)20-13)19-16(22)17-7-6-12-9-23-15(18-12)11(3)4/h8-11H,6-7H2,1-5H3,(H2,17,19,22). The van der Waals surface area contributed by atoms with Crippen LogP contribution in [0, 0.1) is 0 Å². The number of anilines is 1. The molecule has 0 spiro atoms. The topological polar surface area (TPSA) is 71.8 Å². The maximum absolute atomic E-state index is 12.0. The van der Waals surface area contributed by atoms with Gasteiger partial charge in [0, 0.05) is 37.4 Å². The Morgan fingerprint density at radius 3 is 2.61 bits per heavy atom. The van der Waals surface area contributed by atoms with E-state index < -0.39 is 0 Å². The molecule has 2 N–H and O–H groups in total. The van der Waals surface area contributed by atoms with Crippen molar-refractivity contribution in [3.63, 3.8) is 0 Å². The maximum atomic E-state index is 12.0. The van der Waals surface area contributed by atoms with Crippen molar-refractivity contribution in [1.29, 1.82) is 0 Å². The average Bonchev–Trinajstić information content (AvgIpc) is 3.07. The fourth-order valence-electron chi connectivity index (χ4n) is 2.06. The van der Waals surface area contributed by atoms with Gasteiger partial charge in [-0.25, -0.2) is 9.78 Å². The summed E-state index contributed by atoms with van der Waals surface area (Å²) in [6, 6.07) is 1.68. The van der Waals surface area contributed by atoms with E-state index in [0.29, 0.717) is 24.2 Å². The minimum absolute atomic E-state index is 0.220. The normalized spacial score (nSPS) is 11.3. The predicted molar refractivity (Wildman–Crippen MR) is 94.2 cm³/mol. The number of urea groups is 1. The van der Waals surface area contributed by atoms with Gasteiger partial charge < -0.3 is 5.32 Å². The minimum atomic E-state index is -0.220. The van der Waals surface area contributed by atoms with Crippen LogP contribution in [0.4, 0.5) is 10.6 Å². The van der Waals surface area contributed by atoms with Crippen molar-refractivity contribution in [2.75, 3.05) is 11.9 Å². The van der Waals surface area contributed by atoms with E-state index in [1.165, 1.54) is 0 Å². The first-order valence-electron chi connectivity index (χ1n) is 7.90. The number of aryl methyl sites for hydroxylation is 1. The summed E-state index contributed by atoms with van der Waals surface area (Å²) in [5, 5.41) is 13.3. The van der Waals surface area contributed by atoms with Gasteiger partial charge in [0.2, 0.25) is 0 Å². The Bertz CT molecular complexity index is 659. The highest BCUT2D eigenvalue weighted by Crippen LogP contribution is 2.19. The monoisotopic (exact) mass is 335 g/mol. The number of nitrogens with one attached hydrogen (secondary N) is 2. The van der Waals surface area contributed by atoms with Gasteiger partial charge in [-0.3, -0.25) is 10.00 Å². The van der Waals surface area contributed by atoms with Gasteiger partial charge >= 0.3 is 6.03 Å². The number of rotatable bonds is 6. The Morgan fingerprint density at radius 2 is 2.04 bits per heavy atom. The Labute approximate surface area is 141 Å². The number of carbonyl (C=O) groups is 1. The van der Waals surface area contributed by atoms with E-state index >= 15 is 0 Å². The number of carbonyl (C=O) groups excluding carboxylic acids is 1. The highest BCUT2D eigenvalue weighted by molar-refractivity contribution is 7.09. The molecular weight excluding hydrogens is 310 g/mol. The van der Waals surface area contributed by atoms with Crippen LogP contribution >= 0.6 is 11.3 Å². The second-order valence-electron chi connectivity index (χ2n) is 6.20. The number of hydrogen-bond acceptors (Lipinski definition) is 4. The molecule has 2 aromatic heterocycles. The van der Waals surface area contributed by atoms with Crippen LogP contribution < -0.4 is 10.6 Å². The summed E-state index contributed by atoms with van der Waals surface area (Å²) >= 11 is 1.68. The zero-order chi connectivity index (χ0) is 17.0. The van der Waals surface area contributed by atoms with Crippen LogP contribution in [-0.4, -0.2) is 27.3 Å². The van der Waals surface area contributed by atoms with Crippen LogP contribution in [0.15, 0.2) is 11.4 Å². The number of nitrogens with zero attached hydrogens (tertiary/aromatic N) is 3. The summed E-state index contributed by atoms with van der Waals surface area (Å²) < 4.78 is 1.68. The Hall–Kier alpha value is -1.89. The summed E-state index contributed by atoms with van der Waals surface area (Å²) in [5.74, 6) is 1.48. The predicted octanol–water partition coefficient (Wildman–Crippen LogP) is 3.49. The highest BCUT2D eigenvalue weighted by atomic mass is 32.1. The lowest BCUT2D eigenvalue weighted by Crippen LogP contribution is -2.31. The molecule has 6 nitrogen and oxygen atoms in total. The summed E-state index contributed by atoms with van der Waals surface area (Å²) in [4.78, 5) is 16.5. The van der Waals surface area contributed by atoms with Gasteiger partial charge in [-0.1, -0.05) is 27.7 Å². The van der Waals surface area contributed by atoms with Crippen LogP contribution in [0.1, 0.15) is 55.9 Å². The molecule has 0 aliphatic rings. The van der Waals surface area contributed by atoms with Gasteiger partial charge in [-0.05, 0) is 5.92 Å². The van der Waals surface area contributed by atoms with Crippen molar-refractivity contribution in [3.8, 4) is 0 Å². The fourth-order valence-corrected chi connectivity index (χ4v) is 2.93. The lowest BCUT2D eigenvalue weighted by atomic mass is 10.1. The van der Waals surface area contributed by atoms with Gasteiger partial charge in [-0.2, -0.15) is 5.10 Å². The number of amides is 2. The summed E-state index contributed by atoms with van der Waals surface area (Å²) in [7, 11) is 1.82. The maximum Gasteiger partial charge on any atom is 0.320 e. The molecule has 23 heavy (non-hydrogen) atoms. The van der Waals surface area contributed by atoms with Crippen molar-refractivity contribution in [3.05, 3.63) is 27.8 Å². The Morgan fingerprint density at radius 1 is 1.30 bits per heavy atom. The quantitative estimate of drug-likeness (QED) is 0.849. The van der Waals surface area contributed by atoms with E-state index in [2.05, 4.69) is 53.8 Å². The minimum Gasteiger partial charge on any atom is -0.337 e. The summed E-state index contributed by atoms with van der Waals surface area (Å²) in [5.41, 5.74) is 1.99. The van der Waals surface area contributed by atoms with Crippen LogP contribution in [-0.2, 0) is 13.5 Å². The molecule has 2 heterocycles. The van der Waals surface area contributed by atoms with Crippen molar-refractivity contribution in [2.45, 2.75) is 46.0 Å². The zero-order valence-corrected chi connectivity index (χ0v) is 15.2. The van der Waals surface area contributed by atoms with Gasteiger partial charge in [-0.15, -0.1) is 11.3 Å². The molecule has 0 unspecified atom stereocenters. The lowest BCUT2D eigenvalue weighted by molar-refractivity contribution is 0.252. The van der Waals surface area contributed by atoms with Crippen molar-refractivity contribution in [2.24, 2.45) is 7.05 Å². The fraction of sp³-hybridized carbons (Fsp3) is 0.562. The van der Waals surface area contributed by atoms with Gasteiger partial charge in [0.15, 0.2) is 0 Å². The van der Waals surface area contributed by atoms with Crippen LogP contribution in [0.3, 0.4) is 0 Å². The molecular formula is C16H25N5OS. The zero-order valence-electron chi connectivity index (χ0n) is 14.4. The first-order valence-corrected chi connectivity index (χ1v) is 8.78. The van der Waals surface area contributed by atoms with Crippen molar-refractivity contribution >= 4 is 23.2 Å². The molecule has 126 valence electrons. The molecule has 7 heteroatoms. The van der Waals surface area contributed by atoms with E-state index in [1.807, 2.05) is 13.1 Å². The van der Waals surface area contributed by atoms with Crippen molar-refractivity contribution in [1.82, 2.24) is 20.1 Å². The van der Waals surface area contributed by atoms with E-state index in [-0.39, 0.29) is 6.03 Å². The number of hydrogen-bond donors (Lipinski definition) is 2. The lowest BCUT2D eigenvalue weighted by Gasteiger charge is -2.06. The Kier molecular flexibility index (Phi) is 5.76. The molecule has 0 aliphatic heterocycles. The average molecular weight is 335 g/mol. The smallest absolute Gasteiger partial charge is 0.320 e. The molecule has 0 bridgehead atoms. The molecule has 0 atom stereocenters. The van der Waals surface area contributed by atoms with Gasteiger partial charge in [0.05, 0.1) is 16.4 Å². The molecule has 0 saturated heterocycles. The summed E-state index contributed by atoms with van der Waals surface area (Å²) in [6.07, 6.45) is 0.735. The van der Waals surface area contributed by atoms with E-state index in [1.54, 1.807) is 16.0 Å². The number of thiazole rings is 1. The van der Waals surface area contributed by atoms with Crippen molar-refractivity contribution < 1.29 is 4.79 Å². The van der Waals surface area contributed by atoms with E-state index in [0.717, 1.165) is 22.8 Å². The van der Waals surface area contributed by atoms with E-state index in [9.17, 15) is 4.79 Å². The molecule has 0 aromatic carbocycles. The second kappa shape index (κ2) is 7.59.